The minimum absolute atomic E-state index is 0.201. The molecule has 0 aromatic carbocycles. The molecule has 3 nitrogen and oxygen atoms in total. The summed E-state index contributed by atoms with van der Waals surface area (Å²) >= 11 is 0. The molecule has 1 aromatic heterocycles. The number of aromatic nitrogens is 1. The summed E-state index contributed by atoms with van der Waals surface area (Å²) in [6.45, 7) is 8.91. The lowest BCUT2D eigenvalue weighted by atomic mass is 9.96. The predicted molar refractivity (Wildman–Crippen MR) is 84.7 cm³/mol. The third kappa shape index (κ3) is 5.04. The van der Waals surface area contributed by atoms with Crippen LogP contribution in [0, 0.1) is 11.7 Å². The van der Waals surface area contributed by atoms with Crippen LogP contribution in [0.5, 0.6) is 0 Å². The average molecular weight is 293 g/mol. The van der Waals surface area contributed by atoms with Crippen molar-refractivity contribution in [2.45, 2.75) is 45.6 Å². The van der Waals surface area contributed by atoms with Crippen molar-refractivity contribution in [2.24, 2.45) is 5.92 Å². The largest absolute Gasteiger partial charge is 0.308 e. The quantitative estimate of drug-likeness (QED) is 0.835. The van der Waals surface area contributed by atoms with E-state index in [-0.39, 0.29) is 11.9 Å². The van der Waals surface area contributed by atoms with Gasteiger partial charge in [-0.25, -0.2) is 4.39 Å². The number of hydrogen-bond acceptors (Lipinski definition) is 3. The molecule has 1 aliphatic rings. The molecule has 0 aliphatic carbocycles. The molecule has 0 bridgehead atoms. The lowest BCUT2D eigenvalue weighted by molar-refractivity contribution is 0.180. The first-order valence-electron chi connectivity index (χ1n) is 8.28. The molecule has 0 saturated carbocycles. The molecule has 1 aliphatic heterocycles. The average Bonchev–Trinajstić information content (AvgIpc) is 2.50. The van der Waals surface area contributed by atoms with Crippen LogP contribution in [-0.2, 0) is 0 Å². The molecule has 2 heterocycles. The van der Waals surface area contributed by atoms with Crippen molar-refractivity contribution in [3.63, 3.8) is 0 Å². The molecular formula is C17H28FN3. The molecule has 1 N–H and O–H groups in total. The highest BCUT2D eigenvalue weighted by molar-refractivity contribution is 5.11. The first kappa shape index (κ1) is 16.4. The number of pyridine rings is 1. The van der Waals surface area contributed by atoms with Gasteiger partial charge in [-0.1, -0.05) is 20.3 Å². The number of likely N-dealkylation sites (tertiary alicyclic amines) is 1. The molecule has 1 saturated heterocycles. The summed E-state index contributed by atoms with van der Waals surface area (Å²) in [5.41, 5.74) is 0.953. The Morgan fingerprint density at radius 1 is 1.29 bits per heavy atom. The van der Waals surface area contributed by atoms with Gasteiger partial charge in [0.15, 0.2) is 0 Å². The van der Waals surface area contributed by atoms with Crippen molar-refractivity contribution >= 4 is 0 Å². The highest BCUT2D eigenvalue weighted by Gasteiger charge is 2.23. The highest BCUT2D eigenvalue weighted by atomic mass is 19.1. The Labute approximate surface area is 127 Å². The van der Waals surface area contributed by atoms with Gasteiger partial charge in [-0.15, -0.1) is 0 Å². The molecule has 118 valence electrons. The third-order valence-electron chi connectivity index (χ3n) is 4.25. The summed E-state index contributed by atoms with van der Waals surface area (Å²) in [4.78, 5) is 6.84. The Balaban J connectivity index is 2.01. The van der Waals surface area contributed by atoms with Crippen molar-refractivity contribution in [1.82, 2.24) is 15.2 Å². The van der Waals surface area contributed by atoms with Gasteiger partial charge >= 0.3 is 0 Å². The summed E-state index contributed by atoms with van der Waals surface area (Å²) < 4.78 is 13.1. The molecule has 2 unspecified atom stereocenters. The van der Waals surface area contributed by atoms with Crippen LogP contribution in [-0.4, -0.2) is 36.1 Å². The van der Waals surface area contributed by atoms with Gasteiger partial charge < -0.3 is 10.2 Å². The van der Waals surface area contributed by atoms with Crippen molar-refractivity contribution in [2.75, 3.05) is 26.2 Å². The molecule has 0 amide bonds. The van der Waals surface area contributed by atoms with Crippen LogP contribution >= 0.6 is 0 Å². The van der Waals surface area contributed by atoms with Crippen molar-refractivity contribution in [3.05, 3.63) is 29.8 Å². The predicted octanol–water partition coefficient (Wildman–Crippen LogP) is 3.38. The van der Waals surface area contributed by atoms with Gasteiger partial charge in [0.1, 0.15) is 5.82 Å². The zero-order valence-corrected chi connectivity index (χ0v) is 13.3. The molecule has 0 spiro atoms. The van der Waals surface area contributed by atoms with E-state index < -0.39 is 0 Å². The zero-order chi connectivity index (χ0) is 15.1. The number of nitrogens with one attached hydrogen (secondary N) is 1. The number of piperidine rings is 1. The van der Waals surface area contributed by atoms with Gasteiger partial charge in [0.2, 0.25) is 0 Å². The van der Waals surface area contributed by atoms with E-state index in [9.17, 15) is 4.39 Å². The minimum Gasteiger partial charge on any atom is -0.308 e. The maximum Gasteiger partial charge on any atom is 0.141 e. The SMILES string of the molecule is CCCNC(c1ccc(F)cn1)C(C)CN1CCCCC1. The van der Waals surface area contributed by atoms with E-state index >= 15 is 0 Å². The summed E-state index contributed by atoms with van der Waals surface area (Å²) in [7, 11) is 0. The Hall–Kier alpha value is -1.00. The molecular weight excluding hydrogens is 265 g/mol. The van der Waals surface area contributed by atoms with E-state index in [1.165, 1.54) is 44.6 Å². The van der Waals surface area contributed by atoms with Crippen LogP contribution in [0.25, 0.3) is 0 Å². The van der Waals surface area contributed by atoms with Crippen LogP contribution in [0.1, 0.15) is 51.3 Å². The lowest BCUT2D eigenvalue weighted by Gasteiger charge is -2.33. The maximum atomic E-state index is 13.1. The van der Waals surface area contributed by atoms with E-state index in [0.29, 0.717) is 5.92 Å². The third-order valence-corrected chi connectivity index (χ3v) is 4.25. The zero-order valence-electron chi connectivity index (χ0n) is 13.3. The fraction of sp³-hybridized carbons (Fsp3) is 0.706. The van der Waals surface area contributed by atoms with Crippen molar-refractivity contribution < 1.29 is 4.39 Å². The van der Waals surface area contributed by atoms with Crippen molar-refractivity contribution in [3.8, 4) is 0 Å². The van der Waals surface area contributed by atoms with E-state index in [4.69, 9.17) is 0 Å². The molecule has 21 heavy (non-hydrogen) atoms. The van der Waals surface area contributed by atoms with Gasteiger partial charge in [0.05, 0.1) is 17.9 Å². The number of halogens is 1. The summed E-state index contributed by atoms with van der Waals surface area (Å²) in [5, 5.41) is 3.58. The highest BCUT2D eigenvalue weighted by Crippen LogP contribution is 2.23. The van der Waals surface area contributed by atoms with E-state index in [0.717, 1.165) is 25.2 Å². The van der Waals surface area contributed by atoms with Crippen LogP contribution in [0.4, 0.5) is 4.39 Å². The second-order valence-electron chi connectivity index (χ2n) is 6.17. The van der Waals surface area contributed by atoms with Gasteiger partial charge in [-0.2, -0.15) is 0 Å². The van der Waals surface area contributed by atoms with Crippen LogP contribution in [0.3, 0.4) is 0 Å². The maximum absolute atomic E-state index is 13.1. The second-order valence-corrected chi connectivity index (χ2v) is 6.17. The smallest absolute Gasteiger partial charge is 0.141 e. The Kier molecular flexibility index (Phi) is 6.58. The van der Waals surface area contributed by atoms with Crippen LogP contribution in [0.15, 0.2) is 18.3 Å². The number of rotatable bonds is 7. The van der Waals surface area contributed by atoms with Gasteiger partial charge in [0.25, 0.3) is 0 Å². The minimum atomic E-state index is -0.267. The first-order chi connectivity index (χ1) is 10.2. The fourth-order valence-electron chi connectivity index (χ4n) is 3.12. The topological polar surface area (TPSA) is 28.2 Å². The summed E-state index contributed by atoms with van der Waals surface area (Å²) in [6.07, 6.45) is 6.41. The summed E-state index contributed by atoms with van der Waals surface area (Å²) in [5.74, 6) is 0.198. The second kappa shape index (κ2) is 8.44. The van der Waals surface area contributed by atoms with Gasteiger partial charge in [0, 0.05) is 6.54 Å². The molecule has 1 aromatic rings. The fourth-order valence-corrected chi connectivity index (χ4v) is 3.12. The molecule has 4 heteroatoms. The number of hydrogen-bond donors (Lipinski definition) is 1. The summed E-state index contributed by atoms with van der Waals surface area (Å²) in [6, 6.07) is 3.53. The molecule has 2 atom stereocenters. The van der Waals surface area contributed by atoms with Gasteiger partial charge in [-0.3, -0.25) is 4.98 Å². The number of nitrogens with zero attached hydrogens (tertiary/aromatic N) is 2. The van der Waals surface area contributed by atoms with Crippen molar-refractivity contribution in [1.29, 1.82) is 0 Å². The molecule has 1 fully saturated rings. The van der Waals surface area contributed by atoms with E-state index in [1.807, 2.05) is 6.07 Å². The monoisotopic (exact) mass is 293 g/mol. The molecule has 2 rings (SSSR count). The van der Waals surface area contributed by atoms with Crippen LogP contribution < -0.4 is 5.32 Å². The normalized spacial score (nSPS) is 19.4. The van der Waals surface area contributed by atoms with Gasteiger partial charge in [-0.05, 0) is 56.9 Å². The van der Waals surface area contributed by atoms with E-state index in [2.05, 4.69) is 29.0 Å². The Morgan fingerprint density at radius 2 is 2.05 bits per heavy atom. The van der Waals surface area contributed by atoms with E-state index in [1.54, 1.807) is 0 Å². The first-order valence-corrected chi connectivity index (χ1v) is 8.28. The standard InChI is InChI=1S/C17H28FN3/c1-3-9-19-17(16-8-7-15(18)12-20-16)14(2)13-21-10-5-4-6-11-21/h7-8,12,14,17,19H,3-6,9-11,13H2,1-2H3. The lowest BCUT2D eigenvalue weighted by Crippen LogP contribution is -2.38. The Bertz CT molecular complexity index is 401. The molecule has 0 radical (unpaired) electrons. The van der Waals surface area contributed by atoms with Crippen LogP contribution in [0.2, 0.25) is 0 Å². The Morgan fingerprint density at radius 3 is 2.67 bits per heavy atom.